The fourth-order valence-corrected chi connectivity index (χ4v) is 6.74. The number of carbonyl (C=O) groups is 1. The summed E-state index contributed by atoms with van der Waals surface area (Å²) in [6.07, 6.45) is 3.71. The Labute approximate surface area is 171 Å². The van der Waals surface area contributed by atoms with E-state index in [-0.39, 0.29) is 12.3 Å². The molecule has 146 valence electrons. The molecule has 1 aromatic carbocycles. The number of amides is 1. The highest BCUT2D eigenvalue weighted by atomic mass is 32.2. The quantitative estimate of drug-likeness (QED) is 0.641. The summed E-state index contributed by atoms with van der Waals surface area (Å²) in [5, 5.41) is 5.71. The molecule has 1 saturated heterocycles. The minimum Gasteiger partial charge on any atom is -0.326 e. The molecule has 1 fully saturated rings. The molecule has 1 aliphatic heterocycles. The molecule has 0 bridgehead atoms. The van der Waals surface area contributed by atoms with Crippen molar-refractivity contribution in [2.45, 2.75) is 23.5 Å². The summed E-state index contributed by atoms with van der Waals surface area (Å²) < 4.78 is 27.0. The van der Waals surface area contributed by atoms with Crippen LogP contribution in [-0.4, -0.2) is 36.7 Å². The third-order valence-electron chi connectivity index (χ3n) is 4.48. The Balaban J connectivity index is 1.38. The van der Waals surface area contributed by atoms with Gasteiger partial charge in [0.15, 0.2) is 0 Å². The van der Waals surface area contributed by atoms with Gasteiger partial charge < -0.3 is 5.32 Å². The molecule has 2 aromatic heterocycles. The van der Waals surface area contributed by atoms with E-state index in [4.69, 9.17) is 0 Å². The van der Waals surface area contributed by atoms with Gasteiger partial charge in [-0.1, -0.05) is 0 Å². The highest BCUT2D eigenvalue weighted by molar-refractivity contribution is 7.91. The van der Waals surface area contributed by atoms with Crippen molar-refractivity contribution in [3.63, 3.8) is 0 Å². The number of thiophene rings is 1. The van der Waals surface area contributed by atoms with Crippen LogP contribution in [0.15, 0.2) is 52.2 Å². The first kappa shape index (κ1) is 19.3. The van der Waals surface area contributed by atoms with Crippen molar-refractivity contribution in [2.24, 2.45) is 0 Å². The van der Waals surface area contributed by atoms with Crippen LogP contribution in [0.4, 0.5) is 5.69 Å². The zero-order chi connectivity index (χ0) is 19.6. The second-order valence-electron chi connectivity index (χ2n) is 6.47. The van der Waals surface area contributed by atoms with Gasteiger partial charge in [-0.05, 0) is 49.2 Å². The van der Waals surface area contributed by atoms with Gasteiger partial charge in [-0.3, -0.25) is 4.79 Å². The zero-order valence-electron chi connectivity index (χ0n) is 15.0. The van der Waals surface area contributed by atoms with Gasteiger partial charge in [0.1, 0.15) is 9.22 Å². The topological polar surface area (TPSA) is 79.4 Å². The number of nitrogens with zero attached hydrogens (tertiary/aromatic N) is 2. The van der Waals surface area contributed by atoms with Crippen molar-refractivity contribution in [3.8, 4) is 10.6 Å². The van der Waals surface area contributed by atoms with Crippen molar-refractivity contribution in [1.29, 1.82) is 0 Å². The number of sulfonamides is 1. The van der Waals surface area contributed by atoms with Crippen LogP contribution < -0.4 is 5.32 Å². The SMILES string of the molecule is O=C(Cc1ccc(S(=O)(=O)N2CCCC2)s1)Nc1ccc(-c2nccs2)cc1. The number of benzene rings is 1. The number of rotatable bonds is 6. The maximum Gasteiger partial charge on any atom is 0.252 e. The molecule has 3 aromatic rings. The molecule has 0 spiro atoms. The van der Waals surface area contributed by atoms with Crippen LogP contribution in [0.25, 0.3) is 10.6 Å². The van der Waals surface area contributed by atoms with Crippen LogP contribution in [-0.2, 0) is 21.2 Å². The number of carbonyl (C=O) groups excluding carboxylic acids is 1. The normalized spacial score (nSPS) is 15.0. The van der Waals surface area contributed by atoms with Gasteiger partial charge in [0.05, 0.1) is 6.42 Å². The highest BCUT2D eigenvalue weighted by Gasteiger charge is 2.28. The summed E-state index contributed by atoms with van der Waals surface area (Å²) in [5.41, 5.74) is 1.70. The third kappa shape index (κ3) is 4.17. The van der Waals surface area contributed by atoms with Gasteiger partial charge in [-0.15, -0.1) is 22.7 Å². The Morgan fingerprint density at radius 2 is 1.86 bits per heavy atom. The summed E-state index contributed by atoms with van der Waals surface area (Å²) in [5.74, 6) is -0.172. The van der Waals surface area contributed by atoms with Crippen molar-refractivity contribution >= 4 is 44.3 Å². The summed E-state index contributed by atoms with van der Waals surface area (Å²) in [6.45, 7) is 1.15. The number of hydrogen-bond donors (Lipinski definition) is 1. The van der Waals surface area contributed by atoms with Gasteiger partial charge in [-0.25, -0.2) is 13.4 Å². The molecule has 9 heteroatoms. The first-order chi connectivity index (χ1) is 13.5. The molecule has 3 heterocycles. The van der Waals surface area contributed by atoms with E-state index >= 15 is 0 Å². The second kappa shape index (κ2) is 8.12. The fraction of sp³-hybridized carbons (Fsp3) is 0.263. The smallest absolute Gasteiger partial charge is 0.252 e. The van der Waals surface area contributed by atoms with Crippen molar-refractivity contribution in [2.75, 3.05) is 18.4 Å². The van der Waals surface area contributed by atoms with E-state index in [2.05, 4.69) is 10.3 Å². The molecule has 0 radical (unpaired) electrons. The summed E-state index contributed by atoms with van der Waals surface area (Å²) in [7, 11) is -3.42. The Hall–Kier alpha value is -2.07. The van der Waals surface area contributed by atoms with E-state index in [1.807, 2.05) is 29.6 Å². The molecule has 1 amide bonds. The fourth-order valence-electron chi connectivity index (χ4n) is 3.07. The maximum absolute atomic E-state index is 12.6. The van der Waals surface area contributed by atoms with E-state index in [1.165, 1.54) is 15.6 Å². The number of nitrogens with one attached hydrogen (secondary N) is 1. The summed E-state index contributed by atoms with van der Waals surface area (Å²) >= 11 is 2.73. The highest BCUT2D eigenvalue weighted by Crippen LogP contribution is 2.28. The van der Waals surface area contributed by atoms with Gasteiger partial charge >= 0.3 is 0 Å². The van der Waals surface area contributed by atoms with E-state index < -0.39 is 10.0 Å². The lowest BCUT2D eigenvalue weighted by molar-refractivity contribution is -0.115. The van der Waals surface area contributed by atoms with Crippen LogP contribution in [0, 0.1) is 0 Å². The standard InChI is InChI=1S/C19H19N3O3S3/c23-17(21-15-5-3-14(4-6-15)19-20-9-12-26-19)13-16-7-8-18(27-16)28(24,25)22-10-1-2-11-22/h3-9,12H,1-2,10-11,13H2,(H,21,23). The monoisotopic (exact) mass is 433 g/mol. The van der Waals surface area contributed by atoms with Crippen molar-refractivity contribution in [1.82, 2.24) is 9.29 Å². The van der Waals surface area contributed by atoms with Gasteiger partial charge in [0.25, 0.3) is 10.0 Å². The van der Waals surface area contributed by atoms with Crippen LogP contribution >= 0.6 is 22.7 Å². The van der Waals surface area contributed by atoms with Crippen LogP contribution in [0.3, 0.4) is 0 Å². The van der Waals surface area contributed by atoms with Crippen LogP contribution in [0.2, 0.25) is 0 Å². The largest absolute Gasteiger partial charge is 0.326 e. The molecular weight excluding hydrogens is 414 g/mol. The molecule has 0 unspecified atom stereocenters. The minimum atomic E-state index is -3.42. The number of anilines is 1. The molecule has 4 rings (SSSR count). The van der Waals surface area contributed by atoms with Gasteiger partial charge in [0, 0.05) is 40.8 Å². The van der Waals surface area contributed by atoms with Crippen molar-refractivity contribution in [3.05, 3.63) is 52.9 Å². The lowest BCUT2D eigenvalue weighted by atomic mass is 10.2. The van der Waals surface area contributed by atoms with Gasteiger partial charge in [0.2, 0.25) is 5.91 Å². The van der Waals surface area contributed by atoms with Crippen LogP contribution in [0.1, 0.15) is 17.7 Å². The number of thiazole rings is 1. The maximum atomic E-state index is 12.6. The molecule has 1 N–H and O–H groups in total. The predicted molar refractivity (Wildman–Crippen MR) is 112 cm³/mol. The van der Waals surface area contributed by atoms with E-state index in [0.29, 0.717) is 23.0 Å². The van der Waals surface area contributed by atoms with Crippen LogP contribution in [0.5, 0.6) is 0 Å². The second-order valence-corrected chi connectivity index (χ2v) is 10.7. The van der Waals surface area contributed by atoms with E-state index in [0.717, 1.165) is 28.3 Å². The average molecular weight is 434 g/mol. The first-order valence-electron chi connectivity index (χ1n) is 8.91. The Morgan fingerprint density at radius 3 is 2.54 bits per heavy atom. The zero-order valence-corrected chi connectivity index (χ0v) is 17.4. The summed E-state index contributed by atoms with van der Waals surface area (Å²) in [6, 6.07) is 10.8. The van der Waals surface area contributed by atoms with Gasteiger partial charge in [-0.2, -0.15) is 4.31 Å². The lowest BCUT2D eigenvalue weighted by Crippen LogP contribution is -2.27. The molecule has 28 heavy (non-hydrogen) atoms. The third-order valence-corrected chi connectivity index (χ3v) is 8.75. The lowest BCUT2D eigenvalue weighted by Gasteiger charge is -2.13. The molecule has 6 nitrogen and oxygen atoms in total. The molecule has 0 aliphatic carbocycles. The van der Waals surface area contributed by atoms with E-state index in [1.54, 1.807) is 29.7 Å². The molecule has 1 aliphatic rings. The van der Waals surface area contributed by atoms with Crippen molar-refractivity contribution < 1.29 is 13.2 Å². The Morgan fingerprint density at radius 1 is 1.11 bits per heavy atom. The Kier molecular flexibility index (Phi) is 5.58. The van der Waals surface area contributed by atoms with E-state index in [9.17, 15) is 13.2 Å². The number of hydrogen-bond acceptors (Lipinski definition) is 6. The minimum absolute atomic E-state index is 0.147. The average Bonchev–Trinajstić information content (AvgIpc) is 3.44. The Bertz CT molecular complexity index is 1050. The predicted octanol–water partition coefficient (Wildman–Crippen LogP) is 3.84. The first-order valence-corrected chi connectivity index (χ1v) is 12.0. The molecular formula is C19H19N3O3S3. The molecule has 0 saturated carbocycles. The summed E-state index contributed by atoms with van der Waals surface area (Å²) in [4.78, 5) is 17.3. The number of aromatic nitrogens is 1. The molecule has 0 atom stereocenters.